The standard InChI is InChI=1S/C15H14N2O4S/c1-19-8-9-6-7-11(21-9)14(18)17-15-16-13-10(20-2)4-3-5-12(13)22-15/h3-7H,8H2,1-2H3,(H,16,17,18). The molecule has 2 aromatic heterocycles. The van der Waals surface area contributed by atoms with E-state index in [1.54, 1.807) is 26.4 Å². The Labute approximate surface area is 130 Å². The van der Waals surface area contributed by atoms with Gasteiger partial charge in [0.1, 0.15) is 23.6 Å². The number of hydrogen-bond acceptors (Lipinski definition) is 6. The number of fused-ring (bicyclic) bond motifs is 1. The van der Waals surface area contributed by atoms with Crippen molar-refractivity contribution in [3.63, 3.8) is 0 Å². The summed E-state index contributed by atoms with van der Waals surface area (Å²) in [4.78, 5) is 16.5. The van der Waals surface area contributed by atoms with Gasteiger partial charge < -0.3 is 13.9 Å². The number of para-hydroxylation sites is 1. The second-order valence-electron chi connectivity index (χ2n) is 4.48. The van der Waals surface area contributed by atoms with Crippen LogP contribution in [0.5, 0.6) is 5.75 Å². The van der Waals surface area contributed by atoms with Gasteiger partial charge in [-0.05, 0) is 24.3 Å². The molecule has 0 spiro atoms. The summed E-state index contributed by atoms with van der Waals surface area (Å²) in [6.07, 6.45) is 0. The normalized spacial score (nSPS) is 10.8. The minimum atomic E-state index is -0.347. The van der Waals surface area contributed by atoms with E-state index in [4.69, 9.17) is 13.9 Å². The third-order valence-electron chi connectivity index (χ3n) is 2.99. The molecule has 0 radical (unpaired) electrons. The fourth-order valence-electron chi connectivity index (χ4n) is 2.02. The average molecular weight is 318 g/mol. The van der Waals surface area contributed by atoms with Crippen molar-refractivity contribution in [2.24, 2.45) is 0 Å². The van der Waals surface area contributed by atoms with Gasteiger partial charge in [-0.1, -0.05) is 17.4 Å². The Bertz CT molecular complexity index is 809. The molecule has 0 unspecified atom stereocenters. The Morgan fingerprint density at radius 1 is 1.32 bits per heavy atom. The lowest BCUT2D eigenvalue weighted by Crippen LogP contribution is -2.10. The zero-order chi connectivity index (χ0) is 15.5. The molecule has 0 bridgehead atoms. The molecule has 3 aromatic rings. The zero-order valence-electron chi connectivity index (χ0n) is 12.1. The predicted octanol–water partition coefficient (Wildman–Crippen LogP) is 3.30. The van der Waals surface area contributed by atoms with Crippen molar-refractivity contribution in [1.29, 1.82) is 0 Å². The number of carbonyl (C=O) groups excluding carboxylic acids is 1. The van der Waals surface area contributed by atoms with E-state index >= 15 is 0 Å². The van der Waals surface area contributed by atoms with Gasteiger partial charge in [-0.3, -0.25) is 10.1 Å². The fourth-order valence-corrected chi connectivity index (χ4v) is 2.90. The number of anilines is 1. The van der Waals surface area contributed by atoms with E-state index in [0.29, 0.717) is 23.2 Å². The highest BCUT2D eigenvalue weighted by atomic mass is 32.1. The molecule has 22 heavy (non-hydrogen) atoms. The van der Waals surface area contributed by atoms with Crippen molar-refractivity contribution in [3.8, 4) is 5.75 Å². The first-order valence-electron chi connectivity index (χ1n) is 6.54. The molecule has 0 fully saturated rings. The number of amides is 1. The van der Waals surface area contributed by atoms with E-state index < -0.39 is 0 Å². The summed E-state index contributed by atoms with van der Waals surface area (Å²) in [7, 11) is 3.16. The van der Waals surface area contributed by atoms with Gasteiger partial charge in [0.15, 0.2) is 10.9 Å². The predicted molar refractivity (Wildman–Crippen MR) is 83.5 cm³/mol. The maximum absolute atomic E-state index is 12.2. The van der Waals surface area contributed by atoms with E-state index in [1.165, 1.54) is 11.3 Å². The van der Waals surface area contributed by atoms with Gasteiger partial charge in [-0.15, -0.1) is 0 Å². The van der Waals surface area contributed by atoms with Crippen molar-refractivity contribution in [1.82, 2.24) is 4.98 Å². The zero-order valence-corrected chi connectivity index (χ0v) is 12.9. The Morgan fingerprint density at radius 3 is 2.95 bits per heavy atom. The number of rotatable bonds is 5. The van der Waals surface area contributed by atoms with Crippen LogP contribution in [0.15, 0.2) is 34.7 Å². The first-order valence-corrected chi connectivity index (χ1v) is 7.35. The first-order chi connectivity index (χ1) is 10.7. The van der Waals surface area contributed by atoms with Gasteiger partial charge in [0, 0.05) is 7.11 Å². The second kappa shape index (κ2) is 6.17. The molecule has 0 aliphatic rings. The molecule has 7 heteroatoms. The smallest absolute Gasteiger partial charge is 0.293 e. The average Bonchev–Trinajstić information content (AvgIpc) is 3.13. The number of furan rings is 1. The van der Waals surface area contributed by atoms with Crippen LogP contribution in [0.2, 0.25) is 0 Å². The number of thiazole rings is 1. The molecule has 2 heterocycles. The molecular weight excluding hydrogens is 304 g/mol. The topological polar surface area (TPSA) is 73.6 Å². The summed E-state index contributed by atoms with van der Waals surface area (Å²) in [5.41, 5.74) is 0.727. The Morgan fingerprint density at radius 2 is 2.18 bits per heavy atom. The lowest BCUT2D eigenvalue weighted by atomic mass is 10.3. The number of nitrogens with zero attached hydrogens (tertiary/aromatic N) is 1. The molecule has 1 N–H and O–H groups in total. The van der Waals surface area contributed by atoms with Crippen molar-refractivity contribution in [3.05, 3.63) is 41.9 Å². The highest BCUT2D eigenvalue weighted by Crippen LogP contribution is 2.32. The highest BCUT2D eigenvalue weighted by molar-refractivity contribution is 7.22. The third kappa shape index (κ3) is 2.81. The number of methoxy groups -OCH3 is 2. The van der Waals surface area contributed by atoms with Crippen LogP contribution in [0.25, 0.3) is 10.2 Å². The van der Waals surface area contributed by atoms with Crippen LogP contribution >= 0.6 is 11.3 Å². The van der Waals surface area contributed by atoms with Crippen molar-refractivity contribution >= 4 is 32.6 Å². The molecule has 0 aliphatic carbocycles. The molecule has 0 saturated carbocycles. The lowest BCUT2D eigenvalue weighted by molar-refractivity contribution is 0.0987. The van der Waals surface area contributed by atoms with Crippen LogP contribution in [0.4, 0.5) is 5.13 Å². The Kier molecular flexibility index (Phi) is 4.08. The Balaban J connectivity index is 1.81. The van der Waals surface area contributed by atoms with Gasteiger partial charge in [-0.2, -0.15) is 0 Å². The minimum Gasteiger partial charge on any atom is -0.494 e. The van der Waals surface area contributed by atoms with E-state index in [9.17, 15) is 4.79 Å². The SMILES string of the molecule is COCc1ccc(C(=O)Nc2nc3c(OC)cccc3s2)o1. The number of carbonyl (C=O) groups is 1. The number of hydrogen-bond donors (Lipinski definition) is 1. The largest absolute Gasteiger partial charge is 0.494 e. The van der Waals surface area contributed by atoms with Crippen LogP contribution < -0.4 is 10.1 Å². The lowest BCUT2D eigenvalue weighted by Gasteiger charge is -1.99. The van der Waals surface area contributed by atoms with E-state index in [2.05, 4.69) is 10.3 Å². The maximum atomic E-state index is 12.2. The number of aromatic nitrogens is 1. The number of nitrogens with one attached hydrogen (secondary N) is 1. The molecule has 3 rings (SSSR count). The summed E-state index contributed by atoms with van der Waals surface area (Å²) in [5, 5.41) is 3.23. The van der Waals surface area contributed by atoms with Crippen LogP contribution in [0.1, 0.15) is 16.3 Å². The maximum Gasteiger partial charge on any atom is 0.293 e. The van der Waals surface area contributed by atoms with Crippen molar-refractivity contribution < 1.29 is 18.7 Å². The molecule has 0 aliphatic heterocycles. The third-order valence-corrected chi connectivity index (χ3v) is 3.93. The first kappa shape index (κ1) is 14.6. The molecule has 6 nitrogen and oxygen atoms in total. The molecule has 1 aromatic carbocycles. The van der Waals surface area contributed by atoms with Gasteiger partial charge in [0.05, 0.1) is 11.8 Å². The van der Waals surface area contributed by atoms with Crippen LogP contribution in [-0.4, -0.2) is 25.1 Å². The summed E-state index contributed by atoms with van der Waals surface area (Å²) in [6, 6.07) is 8.96. The molecule has 0 saturated heterocycles. The summed E-state index contributed by atoms with van der Waals surface area (Å²) in [5.74, 6) is 1.15. The molecular formula is C15H14N2O4S. The summed E-state index contributed by atoms with van der Waals surface area (Å²) < 4.78 is 16.5. The van der Waals surface area contributed by atoms with E-state index in [1.807, 2.05) is 18.2 Å². The fraction of sp³-hybridized carbons (Fsp3) is 0.200. The van der Waals surface area contributed by atoms with Gasteiger partial charge in [0.2, 0.25) is 0 Å². The summed E-state index contributed by atoms with van der Waals surface area (Å²) in [6.45, 7) is 0.325. The Hall–Kier alpha value is -2.38. The number of benzene rings is 1. The monoisotopic (exact) mass is 318 g/mol. The van der Waals surface area contributed by atoms with Crippen molar-refractivity contribution in [2.45, 2.75) is 6.61 Å². The van der Waals surface area contributed by atoms with Crippen LogP contribution in [-0.2, 0) is 11.3 Å². The minimum absolute atomic E-state index is 0.221. The van der Waals surface area contributed by atoms with Crippen LogP contribution in [0, 0.1) is 0 Å². The van der Waals surface area contributed by atoms with Gasteiger partial charge >= 0.3 is 0 Å². The van der Waals surface area contributed by atoms with Gasteiger partial charge in [0.25, 0.3) is 5.91 Å². The summed E-state index contributed by atoms with van der Waals surface area (Å²) >= 11 is 1.38. The van der Waals surface area contributed by atoms with E-state index in [-0.39, 0.29) is 11.7 Å². The highest BCUT2D eigenvalue weighted by Gasteiger charge is 2.15. The van der Waals surface area contributed by atoms with E-state index in [0.717, 1.165) is 10.2 Å². The van der Waals surface area contributed by atoms with Crippen molar-refractivity contribution in [2.75, 3.05) is 19.5 Å². The molecule has 1 amide bonds. The second-order valence-corrected chi connectivity index (χ2v) is 5.51. The van der Waals surface area contributed by atoms with Crippen LogP contribution in [0.3, 0.4) is 0 Å². The number of ether oxygens (including phenoxy) is 2. The van der Waals surface area contributed by atoms with Gasteiger partial charge in [-0.25, -0.2) is 4.98 Å². The molecule has 0 atom stereocenters. The molecule has 114 valence electrons. The quantitative estimate of drug-likeness (QED) is 0.781.